The number of anilines is 1. The van der Waals surface area contributed by atoms with E-state index in [4.69, 9.17) is 11.6 Å². The Morgan fingerprint density at radius 3 is 2.58 bits per heavy atom. The van der Waals surface area contributed by atoms with Crippen molar-refractivity contribution in [3.05, 3.63) is 58.6 Å². The summed E-state index contributed by atoms with van der Waals surface area (Å²) in [6.07, 6.45) is 1.45. The first-order valence-corrected chi connectivity index (χ1v) is 7.53. The number of nitrogens with one attached hydrogen (secondary N) is 2. The van der Waals surface area contributed by atoms with Gasteiger partial charge in [-0.2, -0.15) is 0 Å². The predicted molar refractivity (Wildman–Crippen MR) is 90.2 cm³/mol. The lowest BCUT2D eigenvalue weighted by atomic mass is 10.2. The van der Waals surface area contributed by atoms with Crippen molar-refractivity contribution in [2.24, 2.45) is 0 Å². The van der Waals surface area contributed by atoms with Crippen molar-refractivity contribution >= 4 is 35.4 Å². The number of aromatic nitrogens is 2. The van der Waals surface area contributed by atoms with Crippen molar-refractivity contribution in [2.75, 3.05) is 11.9 Å². The zero-order valence-electron chi connectivity index (χ0n) is 12.8. The van der Waals surface area contributed by atoms with Gasteiger partial charge >= 0.3 is 6.03 Å². The van der Waals surface area contributed by atoms with E-state index < -0.39 is 11.9 Å². The Hall–Kier alpha value is -2.93. The highest BCUT2D eigenvalue weighted by Gasteiger charge is 2.23. The summed E-state index contributed by atoms with van der Waals surface area (Å²) in [4.78, 5) is 32.9. The fourth-order valence-electron chi connectivity index (χ4n) is 2.26. The third-order valence-corrected chi connectivity index (χ3v) is 3.54. The Morgan fingerprint density at radius 1 is 1.17 bits per heavy atom. The summed E-state index contributed by atoms with van der Waals surface area (Å²) in [7, 11) is 1.88. The summed E-state index contributed by atoms with van der Waals surface area (Å²) in [6, 6.07) is 11.0. The third kappa shape index (κ3) is 3.69. The second-order valence-corrected chi connectivity index (χ2v) is 5.57. The number of benzene rings is 1. The Balaban J connectivity index is 1.85. The molecule has 1 aromatic carbocycles. The fourth-order valence-corrected chi connectivity index (χ4v) is 2.45. The first-order chi connectivity index (χ1) is 11.5. The molecule has 1 aliphatic heterocycles. The third-order valence-electron chi connectivity index (χ3n) is 3.37. The molecule has 3 rings (SSSR count). The predicted octanol–water partition coefficient (Wildman–Crippen LogP) is 1.95. The van der Waals surface area contributed by atoms with Crippen molar-refractivity contribution in [3.63, 3.8) is 0 Å². The molecule has 1 aliphatic rings. The van der Waals surface area contributed by atoms with Crippen LogP contribution in [-0.4, -0.2) is 29.0 Å². The van der Waals surface area contributed by atoms with Gasteiger partial charge in [0.25, 0.3) is 5.91 Å². The highest BCUT2D eigenvalue weighted by Crippen LogP contribution is 2.18. The molecule has 0 aliphatic carbocycles. The first-order valence-electron chi connectivity index (χ1n) is 7.15. The Bertz CT molecular complexity index is 822. The van der Waals surface area contributed by atoms with E-state index in [-0.39, 0.29) is 11.0 Å². The van der Waals surface area contributed by atoms with Gasteiger partial charge in [-0.05, 0) is 23.2 Å². The molecule has 0 saturated carbocycles. The number of rotatable bonds is 4. The van der Waals surface area contributed by atoms with Gasteiger partial charge in [-0.1, -0.05) is 30.3 Å². The molecular formula is C16H14ClN5O2. The maximum Gasteiger partial charge on any atom is 0.326 e. The number of imide groups is 1. The number of amides is 3. The van der Waals surface area contributed by atoms with Crippen LogP contribution in [0.15, 0.2) is 42.1 Å². The SMILES string of the molecule is CN(Cc1ccccc1)c1cc(C=C2NC(=O)NC2=O)nc(Cl)n1. The Labute approximate surface area is 143 Å². The molecule has 0 spiro atoms. The molecule has 3 amide bonds. The zero-order chi connectivity index (χ0) is 17.1. The standard InChI is InChI=1S/C16H14ClN5O2/c1-22(9-10-5-3-2-4-6-10)13-8-11(18-15(17)20-13)7-12-14(23)21-16(24)19-12/h2-8H,9H2,1H3,(H2,19,21,23,24). The lowest BCUT2D eigenvalue weighted by molar-refractivity contribution is -0.115. The highest BCUT2D eigenvalue weighted by atomic mass is 35.5. The molecule has 0 atom stereocenters. The minimum Gasteiger partial charge on any atom is -0.355 e. The average Bonchev–Trinajstić information content (AvgIpc) is 2.85. The molecule has 7 nitrogen and oxygen atoms in total. The summed E-state index contributed by atoms with van der Waals surface area (Å²) < 4.78 is 0. The molecule has 1 aromatic heterocycles. The van der Waals surface area contributed by atoms with Gasteiger partial charge in [-0.3, -0.25) is 10.1 Å². The van der Waals surface area contributed by atoms with Crippen LogP contribution in [0.4, 0.5) is 10.6 Å². The maximum absolute atomic E-state index is 11.6. The van der Waals surface area contributed by atoms with Crippen LogP contribution in [0.5, 0.6) is 0 Å². The molecule has 2 N–H and O–H groups in total. The van der Waals surface area contributed by atoms with Crippen LogP contribution >= 0.6 is 11.6 Å². The van der Waals surface area contributed by atoms with Crippen LogP contribution in [0.25, 0.3) is 6.08 Å². The quantitative estimate of drug-likeness (QED) is 0.503. The van der Waals surface area contributed by atoms with Gasteiger partial charge in [0.15, 0.2) is 0 Å². The van der Waals surface area contributed by atoms with Crippen LogP contribution in [0, 0.1) is 0 Å². The second-order valence-electron chi connectivity index (χ2n) is 5.23. The molecule has 2 heterocycles. The fraction of sp³-hybridized carbons (Fsp3) is 0.125. The number of nitrogens with zero attached hydrogens (tertiary/aromatic N) is 3. The number of carbonyl (C=O) groups is 2. The van der Waals surface area contributed by atoms with E-state index in [0.717, 1.165) is 5.56 Å². The Morgan fingerprint density at radius 2 is 1.92 bits per heavy atom. The van der Waals surface area contributed by atoms with Gasteiger partial charge < -0.3 is 10.2 Å². The molecule has 24 heavy (non-hydrogen) atoms. The van der Waals surface area contributed by atoms with Crippen LogP contribution in [0.1, 0.15) is 11.3 Å². The van der Waals surface area contributed by atoms with Crippen LogP contribution < -0.4 is 15.5 Å². The van der Waals surface area contributed by atoms with E-state index in [9.17, 15) is 9.59 Å². The van der Waals surface area contributed by atoms with E-state index in [1.54, 1.807) is 6.07 Å². The monoisotopic (exact) mass is 343 g/mol. The average molecular weight is 344 g/mol. The van der Waals surface area contributed by atoms with E-state index in [2.05, 4.69) is 20.6 Å². The van der Waals surface area contributed by atoms with E-state index in [1.807, 2.05) is 42.3 Å². The molecular weight excluding hydrogens is 330 g/mol. The van der Waals surface area contributed by atoms with Crippen LogP contribution in [-0.2, 0) is 11.3 Å². The van der Waals surface area contributed by atoms with Crippen molar-refractivity contribution in [3.8, 4) is 0 Å². The summed E-state index contributed by atoms with van der Waals surface area (Å²) in [6.45, 7) is 0.640. The van der Waals surface area contributed by atoms with E-state index >= 15 is 0 Å². The minimum absolute atomic E-state index is 0.0593. The Kier molecular flexibility index (Phi) is 4.43. The maximum atomic E-state index is 11.6. The lowest BCUT2D eigenvalue weighted by Crippen LogP contribution is -2.22. The van der Waals surface area contributed by atoms with Crippen LogP contribution in [0.3, 0.4) is 0 Å². The van der Waals surface area contributed by atoms with Gasteiger partial charge in [0.05, 0.1) is 5.69 Å². The number of carbonyl (C=O) groups excluding carboxylic acids is 2. The first kappa shape index (κ1) is 15.9. The second kappa shape index (κ2) is 6.67. The van der Waals surface area contributed by atoms with Crippen molar-refractivity contribution < 1.29 is 9.59 Å². The van der Waals surface area contributed by atoms with Crippen LogP contribution in [0.2, 0.25) is 5.28 Å². The van der Waals surface area contributed by atoms with Crippen molar-refractivity contribution in [1.29, 1.82) is 0 Å². The van der Waals surface area contributed by atoms with Gasteiger partial charge in [0, 0.05) is 19.7 Å². The molecule has 0 bridgehead atoms. The van der Waals surface area contributed by atoms with Gasteiger partial charge in [-0.25, -0.2) is 14.8 Å². The molecule has 122 valence electrons. The van der Waals surface area contributed by atoms with Crippen molar-refractivity contribution in [1.82, 2.24) is 20.6 Å². The van der Waals surface area contributed by atoms with Gasteiger partial charge in [-0.15, -0.1) is 0 Å². The molecule has 1 saturated heterocycles. The smallest absolute Gasteiger partial charge is 0.326 e. The summed E-state index contributed by atoms with van der Waals surface area (Å²) in [5.41, 5.74) is 1.67. The van der Waals surface area contributed by atoms with Gasteiger partial charge in [0.1, 0.15) is 11.5 Å². The molecule has 2 aromatic rings. The molecule has 0 radical (unpaired) electrons. The summed E-state index contributed by atoms with van der Waals surface area (Å²) >= 11 is 5.98. The topological polar surface area (TPSA) is 87.2 Å². The summed E-state index contributed by atoms with van der Waals surface area (Å²) in [5.74, 6) is 0.101. The van der Waals surface area contributed by atoms with Gasteiger partial charge in [0.2, 0.25) is 5.28 Å². The van der Waals surface area contributed by atoms with Crippen molar-refractivity contribution in [2.45, 2.75) is 6.54 Å². The molecule has 8 heteroatoms. The number of hydrogen-bond donors (Lipinski definition) is 2. The summed E-state index contributed by atoms with van der Waals surface area (Å²) in [5, 5.41) is 4.59. The lowest BCUT2D eigenvalue weighted by Gasteiger charge is -2.18. The zero-order valence-corrected chi connectivity index (χ0v) is 13.5. The number of urea groups is 1. The van der Waals surface area contributed by atoms with E-state index in [0.29, 0.717) is 18.1 Å². The molecule has 1 fully saturated rings. The molecule has 0 unspecified atom stereocenters. The largest absolute Gasteiger partial charge is 0.355 e. The minimum atomic E-state index is -0.562. The van der Waals surface area contributed by atoms with E-state index in [1.165, 1.54) is 6.08 Å². The highest BCUT2D eigenvalue weighted by molar-refractivity contribution is 6.28. The number of hydrogen-bond acceptors (Lipinski definition) is 5. The number of halogens is 1. The normalized spacial score (nSPS) is 15.3.